The third-order valence-electron chi connectivity index (χ3n) is 2.85. The fourth-order valence-corrected chi connectivity index (χ4v) is 2.44. The minimum absolute atomic E-state index is 0.296. The van der Waals surface area contributed by atoms with E-state index in [-0.39, 0.29) is 0 Å². The lowest BCUT2D eigenvalue weighted by Crippen LogP contribution is -2.14. The van der Waals surface area contributed by atoms with Gasteiger partial charge in [0.1, 0.15) is 11.6 Å². The highest BCUT2D eigenvalue weighted by atomic mass is 79.9. The molecule has 2 aromatic carbocycles. The van der Waals surface area contributed by atoms with Crippen LogP contribution in [0.25, 0.3) is 0 Å². The van der Waals surface area contributed by atoms with Crippen LogP contribution in [-0.2, 0) is 13.1 Å². The minimum Gasteiger partial charge on any atom is -0.308 e. The van der Waals surface area contributed by atoms with Gasteiger partial charge >= 0.3 is 0 Å². The second-order valence-electron chi connectivity index (χ2n) is 4.43. The summed E-state index contributed by atoms with van der Waals surface area (Å²) in [6.07, 6.45) is 0. The molecule has 0 spiro atoms. The van der Waals surface area contributed by atoms with E-state index in [0.717, 1.165) is 22.2 Å². The second kappa shape index (κ2) is 6.26. The van der Waals surface area contributed by atoms with Crippen LogP contribution < -0.4 is 5.32 Å². The summed E-state index contributed by atoms with van der Waals surface area (Å²) >= 11 is 3.49. The van der Waals surface area contributed by atoms with Crippen LogP contribution in [0.5, 0.6) is 0 Å². The Morgan fingerprint density at radius 1 is 1.00 bits per heavy atom. The van der Waals surface area contributed by atoms with Crippen LogP contribution in [0.2, 0.25) is 0 Å². The molecule has 0 saturated heterocycles. The van der Waals surface area contributed by atoms with Crippen LogP contribution in [0.4, 0.5) is 8.78 Å². The summed E-state index contributed by atoms with van der Waals surface area (Å²) in [5.74, 6) is -0.813. The molecule has 4 heteroatoms. The van der Waals surface area contributed by atoms with Gasteiger partial charge in [-0.15, -0.1) is 0 Å². The van der Waals surface area contributed by atoms with Crippen molar-refractivity contribution in [1.82, 2.24) is 5.32 Å². The highest BCUT2D eigenvalue weighted by molar-refractivity contribution is 9.10. The van der Waals surface area contributed by atoms with Crippen molar-refractivity contribution in [2.24, 2.45) is 0 Å². The summed E-state index contributed by atoms with van der Waals surface area (Å²) in [5.41, 5.74) is 2.59. The molecular weight excluding hydrogens is 312 g/mol. The van der Waals surface area contributed by atoms with Crippen molar-refractivity contribution in [1.29, 1.82) is 0 Å². The van der Waals surface area contributed by atoms with Gasteiger partial charge in [-0.25, -0.2) is 8.78 Å². The molecule has 0 aliphatic heterocycles. The molecule has 100 valence electrons. The van der Waals surface area contributed by atoms with Gasteiger partial charge in [-0.3, -0.25) is 0 Å². The number of nitrogens with one attached hydrogen (secondary N) is 1. The Labute approximate surface area is 119 Å². The molecule has 0 fully saturated rings. The van der Waals surface area contributed by atoms with Crippen molar-refractivity contribution in [3.63, 3.8) is 0 Å². The van der Waals surface area contributed by atoms with Crippen molar-refractivity contribution < 1.29 is 8.78 Å². The average molecular weight is 326 g/mol. The third kappa shape index (κ3) is 3.85. The molecule has 19 heavy (non-hydrogen) atoms. The second-order valence-corrected chi connectivity index (χ2v) is 5.29. The Hall–Kier alpha value is -1.26. The van der Waals surface area contributed by atoms with Crippen molar-refractivity contribution >= 4 is 15.9 Å². The van der Waals surface area contributed by atoms with Gasteiger partial charge < -0.3 is 5.32 Å². The summed E-state index contributed by atoms with van der Waals surface area (Å²) in [5, 5.41) is 3.11. The molecule has 0 aliphatic carbocycles. The topological polar surface area (TPSA) is 12.0 Å². The van der Waals surface area contributed by atoms with Gasteiger partial charge in [-0.2, -0.15) is 0 Å². The molecule has 0 amide bonds. The molecule has 1 N–H and O–H groups in total. The number of hydrogen-bond acceptors (Lipinski definition) is 1. The van der Waals surface area contributed by atoms with E-state index in [4.69, 9.17) is 0 Å². The predicted octanol–water partition coefficient (Wildman–Crippen LogP) is 4.33. The van der Waals surface area contributed by atoms with Crippen molar-refractivity contribution in [2.45, 2.75) is 20.0 Å². The SMILES string of the molecule is Cc1ccc(CNCc2cc(F)ccc2F)c(Br)c1. The van der Waals surface area contributed by atoms with E-state index in [2.05, 4.69) is 21.2 Å². The maximum atomic E-state index is 13.4. The van der Waals surface area contributed by atoms with E-state index >= 15 is 0 Å². The lowest BCUT2D eigenvalue weighted by atomic mass is 10.1. The summed E-state index contributed by atoms with van der Waals surface area (Å²) in [4.78, 5) is 0. The number of hydrogen-bond donors (Lipinski definition) is 1. The van der Waals surface area contributed by atoms with Gasteiger partial charge in [0.25, 0.3) is 0 Å². The zero-order valence-corrected chi connectivity index (χ0v) is 12.1. The largest absolute Gasteiger partial charge is 0.308 e. The summed E-state index contributed by atoms with van der Waals surface area (Å²) in [7, 11) is 0. The Balaban J connectivity index is 1.98. The predicted molar refractivity (Wildman–Crippen MR) is 75.8 cm³/mol. The highest BCUT2D eigenvalue weighted by Gasteiger charge is 2.04. The van der Waals surface area contributed by atoms with E-state index in [9.17, 15) is 8.78 Å². The molecule has 0 aromatic heterocycles. The Kier molecular flexibility index (Phi) is 4.66. The first-order chi connectivity index (χ1) is 9.06. The Morgan fingerprint density at radius 3 is 2.47 bits per heavy atom. The smallest absolute Gasteiger partial charge is 0.127 e. The lowest BCUT2D eigenvalue weighted by Gasteiger charge is -2.08. The zero-order chi connectivity index (χ0) is 13.8. The highest BCUT2D eigenvalue weighted by Crippen LogP contribution is 2.18. The Morgan fingerprint density at radius 2 is 1.74 bits per heavy atom. The molecule has 0 heterocycles. The molecule has 0 unspecified atom stereocenters. The average Bonchev–Trinajstić information content (AvgIpc) is 2.36. The van der Waals surface area contributed by atoms with E-state index in [0.29, 0.717) is 18.7 Å². The lowest BCUT2D eigenvalue weighted by molar-refractivity contribution is 0.568. The summed E-state index contributed by atoms with van der Waals surface area (Å²) in [6, 6.07) is 9.54. The van der Waals surface area contributed by atoms with Gasteiger partial charge in [-0.1, -0.05) is 28.1 Å². The first kappa shape index (κ1) is 14.2. The number of halogens is 3. The zero-order valence-electron chi connectivity index (χ0n) is 10.5. The first-order valence-electron chi connectivity index (χ1n) is 5.96. The van der Waals surface area contributed by atoms with Crippen LogP contribution >= 0.6 is 15.9 Å². The molecule has 0 bridgehead atoms. The summed E-state index contributed by atoms with van der Waals surface area (Å²) < 4.78 is 27.4. The minimum atomic E-state index is -0.422. The molecular formula is C15H14BrF2N. The maximum Gasteiger partial charge on any atom is 0.127 e. The number of aryl methyl sites for hydroxylation is 1. The number of rotatable bonds is 4. The molecule has 0 aliphatic rings. The van der Waals surface area contributed by atoms with Gasteiger partial charge in [-0.05, 0) is 42.3 Å². The van der Waals surface area contributed by atoms with Gasteiger partial charge in [0.2, 0.25) is 0 Å². The monoisotopic (exact) mass is 325 g/mol. The van der Waals surface area contributed by atoms with Crippen molar-refractivity contribution in [3.8, 4) is 0 Å². The van der Waals surface area contributed by atoms with Crippen LogP contribution in [0.15, 0.2) is 40.9 Å². The normalized spacial score (nSPS) is 10.7. The first-order valence-corrected chi connectivity index (χ1v) is 6.75. The molecule has 1 nitrogen and oxygen atoms in total. The van der Waals surface area contributed by atoms with Crippen LogP contribution in [0.3, 0.4) is 0 Å². The quantitative estimate of drug-likeness (QED) is 0.882. The van der Waals surface area contributed by atoms with Gasteiger partial charge in [0.05, 0.1) is 0 Å². The summed E-state index contributed by atoms with van der Waals surface area (Å²) in [6.45, 7) is 2.91. The van der Waals surface area contributed by atoms with E-state index < -0.39 is 11.6 Å². The maximum absolute atomic E-state index is 13.4. The van der Waals surface area contributed by atoms with E-state index in [1.807, 2.05) is 25.1 Å². The van der Waals surface area contributed by atoms with Crippen LogP contribution in [0.1, 0.15) is 16.7 Å². The Bertz CT molecular complexity index is 584. The fourth-order valence-electron chi connectivity index (χ4n) is 1.81. The molecule has 2 aromatic rings. The molecule has 2 rings (SSSR count). The van der Waals surface area contributed by atoms with Crippen molar-refractivity contribution in [3.05, 3.63) is 69.2 Å². The molecule has 0 radical (unpaired) electrons. The van der Waals surface area contributed by atoms with E-state index in [1.54, 1.807) is 0 Å². The number of benzene rings is 2. The van der Waals surface area contributed by atoms with E-state index in [1.165, 1.54) is 11.6 Å². The van der Waals surface area contributed by atoms with Gasteiger partial charge in [0.15, 0.2) is 0 Å². The standard InChI is InChI=1S/C15H14BrF2N/c1-10-2-3-11(14(16)6-10)8-19-9-12-7-13(17)4-5-15(12)18/h2-7,19H,8-9H2,1H3. The van der Waals surface area contributed by atoms with Crippen LogP contribution in [0, 0.1) is 18.6 Å². The van der Waals surface area contributed by atoms with Crippen LogP contribution in [-0.4, -0.2) is 0 Å². The fraction of sp³-hybridized carbons (Fsp3) is 0.200. The molecule has 0 atom stereocenters. The van der Waals surface area contributed by atoms with Gasteiger partial charge in [0, 0.05) is 23.1 Å². The molecule has 0 saturated carbocycles. The third-order valence-corrected chi connectivity index (χ3v) is 3.59. The van der Waals surface area contributed by atoms with Crippen molar-refractivity contribution in [2.75, 3.05) is 0 Å².